The predicted octanol–water partition coefficient (Wildman–Crippen LogP) is 1.64. The average Bonchev–Trinajstić information content (AvgIpc) is 2.70. The highest BCUT2D eigenvalue weighted by molar-refractivity contribution is 6.31. The van der Waals surface area contributed by atoms with Gasteiger partial charge in [-0.15, -0.1) is 0 Å². The molecule has 1 aromatic rings. The van der Waals surface area contributed by atoms with E-state index >= 15 is 0 Å². The number of nitrogens with one attached hydrogen (secondary N) is 2. The molecule has 0 aliphatic heterocycles. The van der Waals surface area contributed by atoms with Crippen LogP contribution in [0, 0.1) is 11.3 Å². The van der Waals surface area contributed by atoms with Crippen LogP contribution in [0.2, 0.25) is 5.02 Å². The molecule has 10 heteroatoms. The summed E-state index contributed by atoms with van der Waals surface area (Å²) in [6, 6.07) is 6.18. The first-order chi connectivity index (χ1) is 15.0. The molecule has 5 N–H and O–H groups in total. The molecule has 0 saturated carbocycles. The zero-order valence-electron chi connectivity index (χ0n) is 19.0. The maximum absolute atomic E-state index is 12.7. The number of carbonyl (C=O) groups is 3. The predicted molar refractivity (Wildman–Crippen MR) is 121 cm³/mol. The highest BCUT2D eigenvalue weighted by Crippen LogP contribution is 2.22. The molecule has 0 unspecified atom stereocenters. The molecule has 180 valence electrons. The van der Waals surface area contributed by atoms with Crippen molar-refractivity contribution in [3.8, 4) is 0 Å². The molecule has 0 fully saturated rings. The minimum absolute atomic E-state index is 0.0491. The Morgan fingerprint density at radius 3 is 2.41 bits per heavy atom. The lowest BCUT2D eigenvalue weighted by atomic mass is 9.86. The zero-order valence-corrected chi connectivity index (χ0v) is 19.8. The fraction of sp³-hybridized carbons (Fsp3) is 0.591. The number of hydrogen-bond acceptors (Lipinski definition) is 6. The fourth-order valence-electron chi connectivity index (χ4n) is 3.01. The number of rotatable bonds is 12. The molecule has 0 spiro atoms. The van der Waals surface area contributed by atoms with Gasteiger partial charge in [-0.25, -0.2) is 4.79 Å². The molecule has 0 aliphatic carbocycles. The minimum Gasteiger partial charge on any atom is -0.447 e. The third-order valence-corrected chi connectivity index (χ3v) is 5.17. The van der Waals surface area contributed by atoms with Crippen molar-refractivity contribution < 1.29 is 29.0 Å². The number of primary amides is 1. The van der Waals surface area contributed by atoms with E-state index in [1.807, 2.05) is 0 Å². The van der Waals surface area contributed by atoms with Crippen molar-refractivity contribution in [2.24, 2.45) is 17.1 Å². The van der Waals surface area contributed by atoms with Gasteiger partial charge in [-0.05, 0) is 29.9 Å². The molecular weight excluding hydrogens is 438 g/mol. The molecule has 1 aromatic carbocycles. The second-order valence-electron chi connectivity index (χ2n) is 8.60. The highest BCUT2D eigenvalue weighted by Gasteiger charge is 2.33. The third-order valence-electron chi connectivity index (χ3n) is 4.81. The molecule has 9 nitrogen and oxygen atoms in total. The van der Waals surface area contributed by atoms with E-state index in [0.29, 0.717) is 5.02 Å². The van der Waals surface area contributed by atoms with Crippen molar-refractivity contribution in [1.82, 2.24) is 10.6 Å². The standard InChI is InChI=1S/C22H34ClN3O6/c1-22(2,3)18(26-21(30)32-10-9-31-4)20(29)25-13-16(27)12-15(19(24)28)11-14-7-5-6-8-17(14)23/h5-8,15-16,18,27H,9-13H2,1-4H3,(H2,24,28)(H,25,29)(H,26,30)/t15-,16+,18-/m1/s1. The van der Waals surface area contributed by atoms with E-state index in [1.165, 1.54) is 7.11 Å². The summed E-state index contributed by atoms with van der Waals surface area (Å²) in [5.74, 6) is -1.71. The number of alkyl carbamates (subject to hydrolysis) is 1. The van der Waals surface area contributed by atoms with Crippen LogP contribution in [-0.2, 0) is 25.5 Å². The van der Waals surface area contributed by atoms with Crippen LogP contribution in [0.4, 0.5) is 4.79 Å². The van der Waals surface area contributed by atoms with E-state index < -0.39 is 41.4 Å². The van der Waals surface area contributed by atoms with Gasteiger partial charge in [0.1, 0.15) is 12.6 Å². The van der Waals surface area contributed by atoms with Gasteiger partial charge < -0.3 is 30.9 Å². The van der Waals surface area contributed by atoms with Crippen molar-refractivity contribution in [2.75, 3.05) is 26.9 Å². The molecule has 3 atom stereocenters. The summed E-state index contributed by atoms with van der Waals surface area (Å²) in [7, 11) is 1.48. The van der Waals surface area contributed by atoms with E-state index in [4.69, 9.17) is 26.8 Å². The van der Waals surface area contributed by atoms with E-state index in [-0.39, 0.29) is 32.6 Å². The van der Waals surface area contributed by atoms with E-state index in [2.05, 4.69) is 10.6 Å². The van der Waals surface area contributed by atoms with Crippen LogP contribution in [0.15, 0.2) is 24.3 Å². The van der Waals surface area contributed by atoms with Crippen molar-refractivity contribution in [3.63, 3.8) is 0 Å². The summed E-state index contributed by atoms with van der Waals surface area (Å²) >= 11 is 6.15. The maximum atomic E-state index is 12.7. The minimum atomic E-state index is -1.02. The summed E-state index contributed by atoms with van der Waals surface area (Å²) in [5, 5.41) is 16.1. The largest absolute Gasteiger partial charge is 0.447 e. The molecule has 32 heavy (non-hydrogen) atoms. The van der Waals surface area contributed by atoms with Crippen LogP contribution < -0.4 is 16.4 Å². The van der Waals surface area contributed by atoms with Gasteiger partial charge in [-0.1, -0.05) is 50.6 Å². The summed E-state index contributed by atoms with van der Waals surface area (Å²) in [4.78, 5) is 36.5. The Labute approximate surface area is 194 Å². The van der Waals surface area contributed by atoms with Crippen LogP contribution in [-0.4, -0.2) is 62.0 Å². The number of carbonyl (C=O) groups excluding carboxylic acids is 3. The number of aliphatic hydroxyl groups is 1. The van der Waals surface area contributed by atoms with Crippen molar-refractivity contribution in [1.29, 1.82) is 0 Å². The van der Waals surface area contributed by atoms with Gasteiger partial charge in [-0.2, -0.15) is 0 Å². The van der Waals surface area contributed by atoms with E-state index in [0.717, 1.165) is 5.56 Å². The molecule has 3 amide bonds. The zero-order chi connectivity index (χ0) is 24.3. The summed E-state index contributed by atoms with van der Waals surface area (Å²) in [6.07, 6.45) is -1.44. The van der Waals surface area contributed by atoms with Gasteiger partial charge in [0, 0.05) is 24.6 Å². The smallest absolute Gasteiger partial charge is 0.407 e. The summed E-state index contributed by atoms with van der Waals surface area (Å²) in [6.45, 7) is 5.54. The quantitative estimate of drug-likeness (QED) is 0.341. The van der Waals surface area contributed by atoms with Gasteiger partial charge in [0.05, 0.1) is 12.7 Å². The van der Waals surface area contributed by atoms with Crippen LogP contribution in [0.25, 0.3) is 0 Å². The maximum Gasteiger partial charge on any atom is 0.407 e. The first-order valence-electron chi connectivity index (χ1n) is 10.4. The van der Waals surface area contributed by atoms with E-state index in [9.17, 15) is 19.5 Å². The molecule has 0 radical (unpaired) electrons. The Morgan fingerprint density at radius 1 is 1.19 bits per heavy atom. The molecule has 0 aliphatic rings. The number of amides is 3. The number of nitrogens with two attached hydrogens (primary N) is 1. The number of benzene rings is 1. The summed E-state index contributed by atoms with van der Waals surface area (Å²) < 4.78 is 9.78. The van der Waals surface area contributed by atoms with Crippen LogP contribution in [0.3, 0.4) is 0 Å². The molecule has 0 saturated heterocycles. The lowest BCUT2D eigenvalue weighted by Gasteiger charge is -2.30. The molecule has 0 aromatic heterocycles. The van der Waals surface area contributed by atoms with Gasteiger partial charge >= 0.3 is 6.09 Å². The number of halogens is 1. The van der Waals surface area contributed by atoms with Crippen molar-refractivity contribution >= 4 is 29.5 Å². The number of aliphatic hydroxyl groups excluding tert-OH is 1. The molecular formula is C22H34ClN3O6. The average molecular weight is 472 g/mol. The Hall–Kier alpha value is -2.36. The Balaban J connectivity index is 2.67. The molecule has 1 rings (SSSR count). The van der Waals surface area contributed by atoms with Crippen LogP contribution in [0.1, 0.15) is 32.8 Å². The third kappa shape index (κ3) is 9.84. The molecule has 0 heterocycles. The second kappa shape index (κ2) is 13.2. The Morgan fingerprint density at radius 2 is 1.84 bits per heavy atom. The first-order valence-corrected chi connectivity index (χ1v) is 10.7. The summed E-state index contributed by atoms with van der Waals surface area (Å²) in [5.41, 5.74) is 5.63. The van der Waals surface area contributed by atoms with Crippen LogP contribution >= 0.6 is 11.6 Å². The van der Waals surface area contributed by atoms with Crippen molar-refractivity contribution in [3.05, 3.63) is 34.9 Å². The van der Waals surface area contributed by atoms with E-state index in [1.54, 1.807) is 45.0 Å². The number of ether oxygens (including phenoxy) is 2. The first kappa shape index (κ1) is 27.7. The van der Waals surface area contributed by atoms with Gasteiger partial charge in [0.15, 0.2) is 0 Å². The lowest BCUT2D eigenvalue weighted by molar-refractivity contribution is -0.126. The Kier molecular flexibility index (Phi) is 11.5. The van der Waals surface area contributed by atoms with Gasteiger partial charge in [0.2, 0.25) is 11.8 Å². The highest BCUT2D eigenvalue weighted by atomic mass is 35.5. The topological polar surface area (TPSA) is 140 Å². The van der Waals surface area contributed by atoms with Gasteiger partial charge in [0.25, 0.3) is 0 Å². The fourth-order valence-corrected chi connectivity index (χ4v) is 3.23. The monoisotopic (exact) mass is 471 g/mol. The second-order valence-corrected chi connectivity index (χ2v) is 9.01. The SMILES string of the molecule is COCCOC(=O)N[C@H](C(=O)NC[C@@H](O)C[C@@H](Cc1ccccc1Cl)C(N)=O)C(C)(C)C. The normalized spacial score (nSPS) is 14.2. The molecule has 0 bridgehead atoms. The van der Waals surface area contributed by atoms with Crippen molar-refractivity contribution in [2.45, 2.75) is 45.8 Å². The Bertz CT molecular complexity index is 768. The van der Waals surface area contributed by atoms with Gasteiger partial charge in [-0.3, -0.25) is 9.59 Å². The number of hydrogen-bond donors (Lipinski definition) is 4. The number of methoxy groups -OCH3 is 1. The van der Waals surface area contributed by atoms with Crippen LogP contribution in [0.5, 0.6) is 0 Å². The lowest BCUT2D eigenvalue weighted by Crippen LogP contribution is -2.54.